The van der Waals surface area contributed by atoms with Gasteiger partial charge in [-0.1, -0.05) is 0 Å². The molecule has 2 heteroatoms. The molecular formula is C14H22O2. The molecule has 0 saturated carbocycles. The number of aromatic hydroxyl groups is 1. The number of phenolic OH excluding ortho intramolecular Hbond substituents is 1. The molecular weight excluding hydrogens is 200 g/mol. The summed E-state index contributed by atoms with van der Waals surface area (Å²) in [5.74, 6) is 1.29. The molecule has 1 rings (SSSR count). The third-order valence-corrected chi connectivity index (χ3v) is 2.92. The highest BCUT2D eigenvalue weighted by Crippen LogP contribution is 2.37. The van der Waals surface area contributed by atoms with E-state index >= 15 is 0 Å². The Morgan fingerprint density at radius 3 is 1.50 bits per heavy atom. The van der Waals surface area contributed by atoms with Gasteiger partial charge in [0.05, 0.1) is 0 Å². The number of hydrogen-bond acceptors (Lipinski definition) is 2. The Bertz CT molecular complexity index is 383. The van der Waals surface area contributed by atoms with Crippen molar-refractivity contribution in [3.63, 3.8) is 0 Å². The van der Waals surface area contributed by atoms with Crippen LogP contribution in [0.2, 0.25) is 0 Å². The van der Waals surface area contributed by atoms with Crippen molar-refractivity contribution in [3.05, 3.63) is 22.3 Å². The van der Waals surface area contributed by atoms with Crippen LogP contribution in [-0.4, -0.2) is 10.7 Å². The van der Waals surface area contributed by atoms with Gasteiger partial charge in [-0.25, -0.2) is 0 Å². The predicted molar refractivity (Wildman–Crippen MR) is 67.4 cm³/mol. The van der Waals surface area contributed by atoms with Gasteiger partial charge in [-0.15, -0.1) is 0 Å². The van der Waals surface area contributed by atoms with Crippen molar-refractivity contribution in [2.24, 2.45) is 0 Å². The van der Waals surface area contributed by atoms with Crippen LogP contribution in [0.15, 0.2) is 0 Å². The van der Waals surface area contributed by atoms with E-state index in [-0.39, 0.29) is 5.60 Å². The van der Waals surface area contributed by atoms with Gasteiger partial charge >= 0.3 is 0 Å². The Labute approximate surface area is 98.3 Å². The first-order valence-electron chi connectivity index (χ1n) is 5.63. The van der Waals surface area contributed by atoms with Gasteiger partial charge in [0.1, 0.15) is 17.1 Å². The van der Waals surface area contributed by atoms with Gasteiger partial charge in [-0.05, 0) is 70.7 Å². The summed E-state index contributed by atoms with van der Waals surface area (Å²) in [5.41, 5.74) is 3.64. The van der Waals surface area contributed by atoms with Crippen molar-refractivity contribution < 1.29 is 9.84 Å². The third kappa shape index (κ3) is 2.31. The molecule has 16 heavy (non-hydrogen) atoms. The predicted octanol–water partition coefficient (Wildman–Crippen LogP) is 3.80. The molecule has 0 aromatic heterocycles. The fourth-order valence-corrected chi connectivity index (χ4v) is 1.72. The summed E-state index contributed by atoms with van der Waals surface area (Å²) < 4.78 is 5.97. The standard InChI is InChI=1S/C14H22O2/c1-8-10(3)13(16-14(5,6)7)11(4)9(2)12(8)15/h15H,1-7H3. The highest BCUT2D eigenvalue weighted by Gasteiger charge is 2.20. The van der Waals surface area contributed by atoms with E-state index < -0.39 is 0 Å². The summed E-state index contributed by atoms with van der Waals surface area (Å²) in [6, 6.07) is 0. The van der Waals surface area contributed by atoms with Crippen molar-refractivity contribution >= 4 is 0 Å². The number of hydrogen-bond donors (Lipinski definition) is 1. The average molecular weight is 222 g/mol. The highest BCUT2D eigenvalue weighted by molar-refractivity contribution is 5.56. The van der Waals surface area contributed by atoms with E-state index in [1.54, 1.807) is 0 Å². The lowest BCUT2D eigenvalue weighted by molar-refractivity contribution is 0.128. The van der Waals surface area contributed by atoms with Crippen molar-refractivity contribution in [2.75, 3.05) is 0 Å². The number of phenols is 1. The SMILES string of the molecule is Cc1c(C)c(OC(C)(C)C)c(C)c(C)c1O. The molecule has 2 nitrogen and oxygen atoms in total. The molecule has 0 radical (unpaired) electrons. The van der Waals surface area contributed by atoms with Crippen LogP contribution in [0.3, 0.4) is 0 Å². The molecule has 0 aliphatic heterocycles. The molecule has 0 fully saturated rings. The summed E-state index contributed by atoms with van der Waals surface area (Å²) in [6.07, 6.45) is 0. The van der Waals surface area contributed by atoms with E-state index in [2.05, 4.69) is 0 Å². The minimum atomic E-state index is -0.217. The second-order valence-electron chi connectivity index (χ2n) is 5.39. The summed E-state index contributed by atoms with van der Waals surface area (Å²) in [6.45, 7) is 13.9. The molecule has 0 aliphatic rings. The molecule has 0 amide bonds. The number of rotatable bonds is 1. The van der Waals surface area contributed by atoms with Crippen LogP contribution in [0.5, 0.6) is 11.5 Å². The molecule has 0 spiro atoms. The Kier molecular flexibility index (Phi) is 3.22. The van der Waals surface area contributed by atoms with Crippen LogP contribution in [0, 0.1) is 27.7 Å². The van der Waals surface area contributed by atoms with Gasteiger partial charge in [0.25, 0.3) is 0 Å². The Morgan fingerprint density at radius 2 is 1.19 bits per heavy atom. The van der Waals surface area contributed by atoms with Gasteiger partial charge in [-0.3, -0.25) is 0 Å². The molecule has 0 heterocycles. The maximum Gasteiger partial charge on any atom is 0.126 e. The maximum absolute atomic E-state index is 9.94. The van der Waals surface area contributed by atoms with Crippen LogP contribution < -0.4 is 4.74 Å². The molecule has 1 aromatic rings. The Hall–Kier alpha value is -1.18. The summed E-state index contributed by atoms with van der Waals surface area (Å²) in [7, 11) is 0. The molecule has 0 bridgehead atoms. The molecule has 0 atom stereocenters. The van der Waals surface area contributed by atoms with Gasteiger partial charge in [0.15, 0.2) is 0 Å². The normalized spacial score (nSPS) is 11.7. The van der Waals surface area contributed by atoms with Crippen molar-refractivity contribution in [3.8, 4) is 11.5 Å². The van der Waals surface area contributed by atoms with Gasteiger partial charge < -0.3 is 9.84 Å². The fraction of sp³-hybridized carbons (Fsp3) is 0.571. The monoisotopic (exact) mass is 222 g/mol. The highest BCUT2D eigenvalue weighted by atomic mass is 16.5. The first-order chi connectivity index (χ1) is 7.15. The van der Waals surface area contributed by atoms with Gasteiger partial charge in [0.2, 0.25) is 0 Å². The molecule has 90 valence electrons. The van der Waals surface area contributed by atoms with Crippen LogP contribution >= 0.6 is 0 Å². The molecule has 0 unspecified atom stereocenters. The summed E-state index contributed by atoms with van der Waals surface area (Å²) >= 11 is 0. The zero-order valence-corrected chi connectivity index (χ0v) is 11.4. The Morgan fingerprint density at radius 1 is 0.812 bits per heavy atom. The molecule has 1 aromatic carbocycles. The largest absolute Gasteiger partial charge is 0.507 e. The van der Waals surface area contributed by atoms with E-state index in [1.807, 2.05) is 48.5 Å². The zero-order valence-electron chi connectivity index (χ0n) is 11.4. The average Bonchev–Trinajstić information content (AvgIpc) is 2.17. The lowest BCUT2D eigenvalue weighted by Gasteiger charge is -2.26. The smallest absolute Gasteiger partial charge is 0.126 e. The minimum absolute atomic E-state index is 0.217. The van der Waals surface area contributed by atoms with E-state index in [4.69, 9.17) is 4.74 Å². The quantitative estimate of drug-likeness (QED) is 0.783. The van der Waals surface area contributed by atoms with Crippen LogP contribution in [0.25, 0.3) is 0 Å². The maximum atomic E-state index is 9.94. The topological polar surface area (TPSA) is 29.5 Å². The van der Waals surface area contributed by atoms with Crippen LogP contribution in [0.4, 0.5) is 0 Å². The lowest BCUT2D eigenvalue weighted by atomic mass is 9.98. The van der Waals surface area contributed by atoms with Gasteiger partial charge in [0, 0.05) is 0 Å². The fourth-order valence-electron chi connectivity index (χ4n) is 1.72. The zero-order chi connectivity index (χ0) is 12.7. The van der Waals surface area contributed by atoms with Crippen molar-refractivity contribution in [1.82, 2.24) is 0 Å². The number of benzene rings is 1. The molecule has 1 N–H and O–H groups in total. The van der Waals surface area contributed by atoms with E-state index in [0.717, 1.165) is 28.0 Å². The van der Waals surface area contributed by atoms with Gasteiger partial charge in [-0.2, -0.15) is 0 Å². The summed E-state index contributed by atoms with van der Waals surface area (Å²) in [5, 5.41) is 9.94. The van der Waals surface area contributed by atoms with Crippen LogP contribution in [-0.2, 0) is 0 Å². The van der Waals surface area contributed by atoms with Crippen LogP contribution in [0.1, 0.15) is 43.0 Å². The lowest BCUT2D eigenvalue weighted by Crippen LogP contribution is -2.24. The third-order valence-electron chi connectivity index (χ3n) is 2.92. The minimum Gasteiger partial charge on any atom is -0.507 e. The summed E-state index contributed by atoms with van der Waals surface area (Å²) in [4.78, 5) is 0. The Balaban J connectivity index is 3.40. The molecule has 0 saturated heterocycles. The first-order valence-corrected chi connectivity index (χ1v) is 5.63. The number of ether oxygens (including phenoxy) is 1. The second kappa shape index (κ2) is 4.00. The van der Waals surface area contributed by atoms with E-state index in [9.17, 15) is 5.11 Å². The first kappa shape index (κ1) is 12.9. The van der Waals surface area contributed by atoms with Crippen molar-refractivity contribution in [1.29, 1.82) is 0 Å². The second-order valence-corrected chi connectivity index (χ2v) is 5.39. The van der Waals surface area contributed by atoms with E-state index in [1.165, 1.54) is 0 Å². The van der Waals surface area contributed by atoms with E-state index in [0.29, 0.717) is 5.75 Å². The molecule has 0 aliphatic carbocycles. The van der Waals surface area contributed by atoms with Crippen molar-refractivity contribution in [2.45, 2.75) is 54.1 Å².